The maximum absolute atomic E-state index is 5.71. The number of guanidine groups is 1. The van der Waals surface area contributed by atoms with Gasteiger partial charge >= 0.3 is 0 Å². The second kappa shape index (κ2) is 4.26. The van der Waals surface area contributed by atoms with E-state index in [0.717, 1.165) is 10.0 Å². The number of hydrogen-bond acceptors (Lipinski definition) is 3. The summed E-state index contributed by atoms with van der Waals surface area (Å²) in [7, 11) is 0. The normalized spacial score (nSPS) is 11.6. The van der Waals surface area contributed by atoms with E-state index in [-0.39, 0.29) is 0 Å². The van der Waals surface area contributed by atoms with E-state index >= 15 is 0 Å². The molecule has 5 heteroatoms. The Balaban J connectivity index is 2.06. The smallest absolute Gasteiger partial charge is 0.199 e. The Morgan fingerprint density at radius 2 is 2.00 bits per heavy atom. The fourth-order valence-electron chi connectivity index (χ4n) is 0.956. The van der Waals surface area contributed by atoms with Crippen LogP contribution < -0.4 is 11.1 Å². The predicted octanol–water partition coefficient (Wildman–Crippen LogP) is 2.87. The highest BCUT2D eigenvalue weighted by Crippen LogP contribution is 2.19. The summed E-state index contributed by atoms with van der Waals surface area (Å²) in [6.07, 6.45) is 0. The Hall–Kier alpha value is -1.33. The first-order chi connectivity index (χ1) is 6.84. The van der Waals surface area contributed by atoms with Crippen LogP contribution in [0.2, 0.25) is 0 Å². The van der Waals surface area contributed by atoms with Crippen LogP contribution >= 0.6 is 22.7 Å². The summed E-state index contributed by atoms with van der Waals surface area (Å²) < 4.78 is 0. The van der Waals surface area contributed by atoms with Crippen molar-refractivity contribution in [2.45, 2.75) is 0 Å². The molecule has 2 rings (SSSR count). The zero-order chi connectivity index (χ0) is 9.80. The number of nitrogens with one attached hydrogen (secondary N) is 1. The van der Waals surface area contributed by atoms with Gasteiger partial charge in [-0.05, 0) is 35.0 Å². The van der Waals surface area contributed by atoms with Crippen LogP contribution in [0.25, 0.3) is 0 Å². The lowest BCUT2D eigenvalue weighted by Crippen LogP contribution is -2.21. The first kappa shape index (κ1) is 9.23. The number of hydrogen-bond donors (Lipinski definition) is 2. The van der Waals surface area contributed by atoms with Crippen LogP contribution in [-0.2, 0) is 0 Å². The number of anilines is 1. The van der Waals surface area contributed by atoms with Gasteiger partial charge < -0.3 is 11.1 Å². The molecule has 0 aliphatic carbocycles. The largest absolute Gasteiger partial charge is 0.369 e. The Morgan fingerprint density at radius 3 is 2.64 bits per heavy atom. The van der Waals surface area contributed by atoms with Crippen LogP contribution in [0.3, 0.4) is 0 Å². The summed E-state index contributed by atoms with van der Waals surface area (Å²) in [6.45, 7) is 0. The van der Waals surface area contributed by atoms with Crippen molar-refractivity contribution in [1.82, 2.24) is 0 Å². The summed E-state index contributed by atoms with van der Waals surface area (Å²) >= 11 is 3.16. The van der Waals surface area contributed by atoms with Gasteiger partial charge in [-0.2, -0.15) is 0 Å². The zero-order valence-electron chi connectivity index (χ0n) is 7.31. The monoisotopic (exact) mass is 223 g/mol. The number of nitrogens with zero attached hydrogens (tertiary/aromatic N) is 1. The molecule has 0 spiro atoms. The summed E-state index contributed by atoms with van der Waals surface area (Å²) in [5.41, 5.74) is 5.71. The molecule has 3 nitrogen and oxygen atoms in total. The van der Waals surface area contributed by atoms with Crippen LogP contribution in [0, 0.1) is 0 Å². The fourth-order valence-corrected chi connectivity index (χ4v) is 2.19. The number of nitrogens with two attached hydrogens (primary N) is 1. The van der Waals surface area contributed by atoms with Crippen LogP contribution in [0.5, 0.6) is 0 Å². The third-order valence-corrected chi connectivity index (χ3v) is 3.06. The third kappa shape index (κ3) is 2.34. The van der Waals surface area contributed by atoms with Crippen molar-refractivity contribution >= 4 is 38.6 Å². The molecular formula is C9H9N3S2. The highest BCUT2D eigenvalue weighted by atomic mass is 32.1. The van der Waals surface area contributed by atoms with Crippen LogP contribution in [0.1, 0.15) is 0 Å². The van der Waals surface area contributed by atoms with Gasteiger partial charge in [0, 0.05) is 0 Å². The summed E-state index contributed by atoms with van der Waals surface area (Å²) in [5.74, 6) is 0.426. The first-order valence-electron chi connectivity index (χ1n) is 4.03. The second-order valence-electron chi connectivity index (χ2n) is 2.55. The molecule has 72 valence electrons. The maximum Gasteiger partial charge on any atom is 0.199 e. The Kier molecular flexibility index (Phi) is 2.81. The molecule has 2 heterocycles. The van der Waals surface area contributed by atoms with Gasteiger partial charge in [0.1, 0.15) is 5.00 Å². The van der Waals surface area contributed by atoms with Gasteiger partial charge in [0.05, 0.1) is 5.00 Å². The first-order valence-corrected chi connectivity index (χ1v) is 5.79. The molecule has 0 radical (unpaired) electrons. The van der Waals surface area contributed by atoms with Gasteiger partial charge in [0.2, 0.25) is 0 Å². The number of aliphatic imine (C=N–C) groups is 1. The van der Waals surface area contributed by atoms with Crippen molar-refractivity contribution < 1.29 is 0 Å². The number of rotatable bonds is 2. The average molecular weight is 223 g/mol. The van der Waals surface area contributed by atoms with Crippen molar-refractivity contribution in [3.63, 3.8) is 0 Å². The SMILES string of the molecule is N/C(=N\c1cccs1)Nc1cccs1. The van der Waals surface area contributed by atoms with Gasteiger partial charge in [-0.3, -0.25) is 0 Å². The molecule has 14 heavy (non-hydrogen) atoms. The highest BCUT2D eigenvalue weighted by Gasteiger charge is 1.96. The van der Waals surface area contributed by atoms with E-state index in [9.17, 15) is 0 Å². The Labute approximate surface area is 89.9 Å². The second-order valence-corrected chi connectivity index (χ2v) is 4.42. The molecule has 0 saturated heterocycles. The van der Waals surface area contributed by atoms with Crippen molar-refractivity contribution in [3.05, 3.63) is 35.0 Å². The molecule has 0 fully saturated rings. The molecule has 0 saturated carbocycles. The van der Waals surface area contributed by atoms with E-state index in [1.54, 1.807) is 22.7 Å². The molecule has 0 aliphatic heterocycles. The number of thiophene rings is 2. The minimum Gasteiger partial charge on any atom is -0.369 e. The summed E-state index contributed by atoms with van der Waals surface area (Å²) in [4.78, 5) is 4.20. The van der Waals surface area contributed by atoms with Gasteiger partial charge in [-0.25, -0.2) is 4.99 Å². The highest BCUT2D eigenvalue weighted by molar-refractivity contribution is 7.14. The molecule has 0 atom stereocenters. The van der Waals surface area contributed by atoms with Crippen molar-refractivity contribution in [3.8, 4) is 0 Å². The third-order valence-electron chi connectivity index (χ3n) is 1.51. The summed E-state index contributed by atoms with van der Waals surface area (Å²) in [5, 5.41) is 8.88. The van der Waals surface area contributed by atoms with Crippen LogP contribution in [0.4, 0.5) is 10.0 Å². The minimum absolute atomic E-state index is 0.426. The van der Waals surface area contributed by atoms with E-state index in [1.807, 2.05) is 35.0 Å². The quantitative estimate of drug-likeness (QED) is 0.607. The lowest BCUT2D eigenvalue weighted by Gasteiger charge is -2.00. The molecule has 2 aromatic rings. The molecule has 3 N–H and O–H groups in total. The molecular weight excluding hydrogens is 214 g/mol. The topological polar surface area (TPSA) is 50.4 Å². The lowest BCUT2D eigenvalue weighted by atomic mass is 10.6. The minimum atomic E-state index is 0.426. The van der Waals surface area contributed by atoms with Gasteiger partial charge in [-0.1, -0.05) is 0 Å². The van der Waals surface area contributed by atoms with Gasteiger partial charge in [0.25, 0.3) is 0 Å². The molecule has 0 unspecified atom stereocenters. The lowest BCUT2D eigenvalue weighted by molar-refractivity contribution is 1.50. The molecule has 0 amide bonds. The van der Waals surface area contributed by atoms with Crippen molar-refractivity contribution in [2.75, 3.05) is 5.32 Å². The van der Waals surface area contributed by atoms with Crippen LogP contribution in [-0.4, -0.2) is 5.96 Å². The van der Waals surface area contributed by atoms with E-state index in [2.05, 4.69) is 10.3 Å². The van der Waals surface area contributed by atoms with E-state index < -0.39 is 0 Å². The van der Waals surface area contributed by atoms with E-state index in [0.29, 0.717) is 5.96 Å². The molecule has 0 aromatic carbocycles. The molecule has 0 bridgehead atoms. The standard InChI is InChI=1S/C9H9N3S2/c10-9(11-7-3-1-5-13-7)12-8-4-2-6-14-8/h1-6H,(H3,10,11,12). The Bertz CT molecular complexity index is 403. The van der Waals surface area contributed by atoms with Gasteiger partial charge in [0.15, 0.2) is 5.96 Å². The van der Waals surface area contributed by atoms with Crippen LogP contribution in [0.15, 0.2) is 40.0 Å². The molecule has 0 aliphatic rings. The maximum atomic E-state index is 5.71. The summed E-state index contributed by atoms with van der Waals surface area (Å²) in [6, 6.07) is 7.79. The predicted molar refractivity (Wildman–Crippen MR) is 63.5 cm³/mol. The van der Waals surface area contributed by atoms with E-state index in [4.69, 9.17) is 5.73 Å². The van der Waals surface area contributed by atoms with Crippen molar-refractivity contribution in [2.24, 2.45) is 10.7 Å². The van der Waals surface area contributed by atoms with Crippen molar-refractivity contribution in [1.29, 1.82) is 0 Å². The zero-order valence-corrected chi connectivity index (χ0v) is 8.94. The van der Waals surface area contributed by atoms with Gasteiger partial charge in [-0.15, -0.1) is 22.7 Å². The Morgan fingerprint density at radius 1 is 1.21 bits per heavy atom. The van der Waals surface area contributed by atoms with E-state index in [1.165, 1.54) is 0 Å². The average Bonchev–Trinajstić information content (AvgIpc) is 2.76. The fraction of sp³-hybridized carbons (Fsp3) is 0. The molecule has 2 aromatic heterocycles.